The Morgan fingerprint density at radius 3 is 2.57 bits per heavy atom. The van der Waals surface area contributed by atoms with Crippen LogP contribution in [0.4, 0.5) is 0 Å². The third-order valence-electron chi connectivity index (χ3n) is 6.13. The number of amides is 3. The highest BCUT2D eigenvalue weighted by molar-refractivity contribution is 5.95. The largest absolute Gasteiger partial charge is 0.480 e. The van der Waals surface area contributed by atoms with Gasteiger partial charge in [0.25, 0.3) is 0 Å². The Morgan fingerprint density at radius 1 is 1.20 bits per heavy atom. The smallest absolute Gasteiger partial charge is 0.326 e. The second-order valence-corrected chi connectivity index (χ2v) is 8.67. The number of aliphatic carboxylic acids is 1. The van der Waals surface area contributed by atoms with Crippen LogP contribution in [0.25, 0.3) is 10.9 Å². The molecular formula is C23H31N5O7. The third kappa shape index (κ3) is 5.96. The fourth-order valence-electron chi connectivity index (χ4n) is 4.23. The number of fused-ring (bicyclic) bond motifs is 1. The molecule has 0 spiro atoms. The molecule has 8 N–H and O–H groups in total. The van der Waals surface area contributed by atoms with Crippen LogP contribution in [0.2, 0.25) is 0 Å². The summed E-state index contributed by atoms with van der Waals surface area (Å²) in [5.74, 6) is -3.52. The maximum Gasteiger partial charge on any atom is 0.326 e. The number of aromatic nitrogens is 1. The first kappa shape index (κ1) is 26.1. The summed E-state index contributed by atoms with van der Waals surface area (Å²) in [6.07, 6.45) is 1.33. The van der Waals surface area contributed by atoms with E-state index in [9.17, 15) is 34.5 Å². The summed E-state index contributed by atoms with van der Waals surface area (Å²) in [5.41, 5.74) is 7.75. The second kappa shape index (κ2) is 11.3. The number of H-pyrrole nitrogens is 1. The van der Waals surface area contributed by atoms with Gasteiger partial charge in [-0.25, -0.2) is 4.79 Å². The highest BCUT2D eigenvalue weighted by Crippen LogP contribution is 2.20. The van der Waals surface area contributed by atoms with Gasteiger partial charge in [0, 0.05) is 23.6 Å². The van der Waals surface area contributed by atoms with Crippen molar-refractivity contribution in [3.63, 3.8) is 0 Å². The minimum Gasteiger partial charge on any atom is -0.480 e. The first-order chi connectivity index (χ1) is 16.6. The standard InChI is InChI=1S/C23H31N5O7/c1-12(30)19(21(32)26-17(11-29)22(33)28-8-4-7-18(28)23(34)35)27-20(31)15(24)9-13-10-25-16-6-3-2-5-14(13)16/h2-3,5-6,10,12,15,17-19,25,29-30H,4,7-9,11,24H2,1H3,(H,26,32)(H,27,31)(H,34,35). The summed E-state index contributed by atoms with van der Waals surface area (Å²) >= 11 is 0. The number of likely N-dealkylation sites (tertiary alicyclic amines) is 1. The molecule has 3 rings (SSSR count). The first-order valence-corrected chi connectivity index (χ1v) is 11.4. The molecule has 0 radical (unpaired) electrons. The lowest BCUT2D eigenvalue weighted by atomic mass is 10.0. The molecule has 0 saturated carbocycles. The molecule has 190 valence electrons. The number of benzene rings is 1. The number of para-hydroxylation sites is 1. The average molecular weight is 490 g/mol. The Hall–Kier alpha value is -3.48. The molecule has 12 heteroatoms. The molecule has 1 aliphatic heterocycles. The van der Waals surface area contributed by atoms with Crippen LogP contribution in [0.15, 0.2) is 30.5 Å². The van der Waals surface area contributed by atoms with Crippen molar-refractivity contribution in [1.29, 1.82) is 0 Å². The number of carbonyl (C=O) groups excluding carboxylic acids is 3. The number of nitrogens with one attached hydrogen (secondary N) is 3. The van der Waals surface area contributed by atoms with Crippen LogP contribution in [0.3, 0.4) is 0 Å². The average Bonchev–Trinajstić information content (AvgIpc) is 3.48. The second-order valence-electron chi connectivity index (χ2n) is 8.67. The molecule has 3 amide bonds. The number of carboxylic acids is 1. The zero-order valence-electron chi connectivity index (χ0n) is 19.3. The fraction of sp³-hybridized carbons (Fsp3) is 0.478. The van der Waals surface area contributed by atoms with Gasteiger partial charge in [-0.3, -0.25) is 14.4 Å². The minimum absolute atomic E-state index is 0.174. The number of nitrogens with two attached hydrogens (primary N) is 1. The molecule has 2 aromatic rings. The molecule has 1 aromatic carbocycles. The van der Waals surface area contributed by atoms with E-state index in [-0.39, 0.29) is 19.4 Å². The van der Waals surface area contributed by atoms with Crippen LogP contribution in [0.5, 0.6) is 0 Å². The van der Waals surface area contributed by atoms with Crippen molar-refractivity contribution in [3.8, 4) is 0 Å². The van der Waals surface area contributed by atoms with Gasteiger partial charge in [-0.05, 0) is 37.8 Å². The number of aromatic amines is 1. The van der Waals surface area contributed by atoms with Crippen LogP contribution in [-0.4, -0.2) is 92.3 Å². The van der Waals surface area contributed by atoms with E-state index in [1.807, 2.05) is 24.3 Å². The Kier molecular flexibility index (Phi) is 8.43. The molecule has 2 heterocycles. The summed E-state index contributed by atoms with van der Waals surface area (Å²) < 4.78 is 0. The van der Waals surface area contributed by atoms with E-state index < -0.39 is 60.6 Å². The van der Waals surface area contributed by atoms with Crippen molar-refractivity contribution in [2.75, 3.05) is 13.2 Å². The summed E-state index contributed by atoms with van der Waals surface area (Å²) in [4.78, 5) is 53.8. The zero-order valence-corrected chi connectivity index (χ0v) is 19.3. The maximum absolute atomic E-state index is 12.8. The SMILES string of the molecule is CC(O)C(NC(=O)C(N)Cc1c[nH]c2ccccc12)C(=O)NC(CO)C(=O)N1CCCC1C(=O)O. The van der Waals surface area contributed by atoms with E-state index in [2.05, 4.69) is 15.6 Å². The van der Waals surface area contributed by atoms with E-state index in [4.69, 9.17) is 5.73 Å². The quantitative estimate of drug-likeness (QED) is 0.208. The van der Waals surface area contributed by atoms with E-state index in [1.54, 1.807) is 6.20 Å². The van der Waals surface area contributed by atoms with E-state index in [0.29, 0.717) is 6.42 Å². The molecule has 0 bridgehead atoms. The number of aliphatic hydroxyl groups excluding tert-OH is 2. The molecule has 1 fully saturated rings. The lowest BCUT2D eigenvalue weighted by molar-refractivity contribution is -0.150. The van der Waals surface area contributed by atoms with Gasteiger partial charge in [-0.2, -0.15) is 0 Å². The lowest BCUT2D eigenvalue weighted by Gasteiger charge is -2.28. The number of rotatable bonds is 10. The highest BCUT2D eigenvalue weighted by Gasteiger charge is 2.38. The number of hydrogen-bond donors (Lipinski definition) is 7. The Labute approximate surface area is 201 Å². The van der Waals surface area contributed by atoms with E-state index in [0.717, 1.165) is 21.4 Å². The zero-order chi connectivity index (χ0) is 25.7. The van der Waals surface area contributed by atoms with Gasteiger partial charge in [-0.15, -0.1) is 0 Å². The first-order valence-electron chi connectivity index (χ1n) is 11.4. The van der Waals surface area contributed by atoms with Crippen molar-refractivity contribution in [3.05, 3.63) is 36.0 Å². The topological polar surface area (TPSA) is 198 Å². The van der Waals surface area contributed by atoms with Gasteiger partial charge in [0.15, 0.2) is 0 Å². The number of hydrogen-bond acceptors (Lipinski definition) is 7. The Morgan fingerprint density at radius 2 is 1.91 bits per heavy atom. The van der Waals surface area contributed by atoms with Crippen LogP contribution >= 0.6 is 0 Å². The molecule has 5 unspecified atom stereocenters. The summed E-state index contributed by atoms with van der Waals surface area (Å²) in [6, 6.07) is 2.56. The maximum atomic E-state index is 12.8. The number of nitrogens with zero attached hydrogens (tertiary/aromatic N) is 1. The monoisotopic (exact) mass is 489 g/mol. The Bertz CT molecular complexity index is 1090. The summed E-state index contributed by atoms with van der Waals surface area (Å²) in [6.45, 7) is 0.682. The van der Waals surface area contributed by atoms with Crippen LogP contribution in [-0.2, 0) is 25.6 Å². The predicted octanol–water partition coefficient (Wildman–Crippen LogP) is -1.54. The van der Waals surface area contributed by atoms with Crippen molar-refractivity contribution in [2.24, 2.45) is 5.73 Å². The van der Waals surface area contributed by atoms with Crippen LogP contribution < -0.4 is 16.4 Å². The van der Waals surface area contributed by atoms with Gasteiger partial charge >= 0.3 is 5.97 Å². The summed E-state index contributed by atoms with van der Waals surface area (Å²) in [7, 11) is 0. The highest BCUT2D eigenvalue weighted by atomic mass is 16.4. The number of carbonyl (C=O) groups is 4. The van der Waals surface area contributed by atoms with E-state index in [1.165, 1.54) is 6.92 Å². The number of aliphatic hydroxyl groups is 2. The van der Waals surface area contributed by atoms with Gasteiger partial charge < -0.3 is 41.6 Å². The van der Waals surface area contributed by atoms with Gasteiger partial charge in [0.05, 0.1) is 18.8 Å². The van der Waals surface area contributed by atoms with Crippen molar-refractivity contribution < 1.29 is 34.5 Å². The molecule has 1 aliphatic rings. The third-order valence-corrected chi connectivity index (χ3v) is 6.13. The number of carboxylic acid groups (broad SMARTS) is 1. The Balaban J connectivity index is 1.64. The molecule has 5 atom stereocenters. The molecule has 1 saturated heterocycles. The van der Waals surface area contributed by atoms with Crippen molar-refractivity contribution >= 4 is 34.6 Å². The van der Waals surface area contributed by atoms with Gasteiger partial charge in [0.2, 0.25) is 17.7 Å². The van der Waals surface area contributed by atoms with E-state index >= 15 is 0 Å². The molecule has 35 heavy (non-hydrogen) atoms. The normalized spacial score (nSPS) is 19.1. The predicted molar refractivity (Wildman–Crippen MR) is 125 cm³/mol. The van der Waals surface area contributed by atoms with Crippen LogP contribution in [0.1, 0.15) is 25.3 Å². The van der Waals surface area contributed by atoms with Crippen molar-refractivity contribution in [2.45, 2.75) is 56.5 Å². The lowest BCUT2D eigenvalue weighted by Crippen LogP contribution is -2.60. The van der Waals surface area contributed by atoms with Gasteiger partial charge in [0.1, 0.15) is 18.1 Å². The minimum atomic E-state index is -1.45. The van der Waals surface area contributed by atoms with Crippen LogP contribution in [0, 0.1) is 0 Å². The molecule has 12 nitrogen and oxygen atoms in total. The van der Waals surface area contributed by atoms with Gasteiger partial charge in [-0.1, -0.05) is 18.2 Å². The summed E-state index contributed by atoms with van der Waals surface area (Å²) in [5, 5.41) is 34.7. The van der Waals surface area contributed by atoms with Crippen molar-refractivity contribution in [1.82, 2.24) is 20.5 Å². The molecular weight excluding hydrogens is 458 g/mol. The molecule has 1 aromatic heterocycles. The fourth-order valence-corrected chi connectivity index (χ4v) is 4.23. The molecule has 0 aliphatic carbocycles.